The van der Waals surface area contributed by atoms with Crippen LogP contribution in [0.5, 0.6) is 149 Å². The molecule has 0 aliphatic carbocycles. The molecule has 0 fully saturated rings. The normalized spacial score (nSPS) is 15.6. The number of ether oxygens (including phenoxy) is 22. The molecule has 0 aromatic heterocycles. The lowest BCUT2D eigenvalue weighted by Gasteiger charge is -2.16. The Morgan fingerprint density at radius 2 is 0.575 bits per heavy atom. The molecule has 0 atom stereocenters. The van der Waals surface area contributed by atoms with E-state index in [2.05, 4.69) is 25.3 Å². The number of hydrogen-bond acceptors (Lipinski definition) is 35. The minimum Gasteiger partial charge on any atom is -0.508 e. The van der Waals surface area contributed by atoms with Gasteiger partial charge in [-0.05, 0) is 152 Å². The van der Waals surface area contributed by atoms with Gasteiger partial charge < -0.3 is 162 Å². The van der Waals surface area contributed by atoms with Crippen molar-refractivity contribution in [3.8, 4) is 149 Å². The molecule has 11 aliphatic heterocycles. The molecule has 0 amide bonds. The molecule has 40 heteroatoms. The van der Waals surface area contributed by atoms with E-state index < -0.39 is 64.6 Å². The summed E-state index contributed by atoms with van der Waals surface area (Å²) < 4.78 is 115. The zero-order chi connectivity index (χ0) is 97.1. The molecule has 0 spiro atoms. The number of rotatable bonds is 5. The maximum Gasteiger partial charge on any atom is 0.339 e. The molecule has 0 bridgehead atoms. The fourth-order valence-electron chi connectivity index (χ4n) is 12.8. The van der Waals surface area contributed by atoms with Crippen molar-refractivity contribution in [2.45, 2.75) is 128 Å². The average molecular weight is 1890 g/mol. The highest BCUT2D eigenvalue weighted by molar-refractivity contribution is 7.80. The van der Waals surface area contributed by atoms with Gasteiger partial charge in [-0.3, -0.25) is 0 Å². The molecular formula is C94H92N2O36S2. The number of carbonyl (C=O) groups is 5. The van der Waals surface area contributed by atoms with Crippen molar-refractivity contribution < 1.29 is 174 Å². The smallest absolute Gasteiger partial charge is 0.339 e. The Morgan fingerprint density at radius 1 is 0.254 bits per heavy atom. The van der Waals surface area contributed by atoms with Gasteiger partial charge in [-0.25, -0.2) is 24.0 Å². The Labute approximate surface area is 775 Å². The number of aromatic hydroxyl groups is 4. The summed E-state index contributed by atoms with van der Waals surface area (Å²) in [6.07, 6.45) is 0. The summed E-state index contributed by atoms with van der Waals surface area (Å²) >= 11 is 8.35. The van der Waals surface area contributed by atoms with Crippen LogP contribution in [0.4, 0.5) is 11.4 Å². The fourth-order valence-corrected chi connectivity index (χ4v) is 13.2. The van der Waals surface area contributed by atoms with Crippen LogP contribution in [0.2, 0.25) is 0 Å². The third kappa shape index (κ3) is 24.9. The molecule has 22 rings (SSSR count). The van der Waals surface area contributed by atoms with Gasteiger partial charge in [-0.15, -0.1) is 25.3 Å². The maximum atomic E-state index is 10.8. The van der Waals surface area contributed by atoms with Crippen molar-refractivity contribution in [3.05, 3.63) is 216 Å². The highest BCUT2D eigenvalue weighted by Gasteiger charge is 2.39. The molecule has 11 heterocycles. The lowest BCUT2D eigenvalue weighted by molar-refractivity contribution is -0.0444. The van der Waals surface area contributed by atoms with Gasteiger partial charge in [0.25, 0.3) is 0 Å². The minimum atomic E-state index is -1.20. The van der Waals surface area contributed by atoms with Crippen molar-refractivity contribution in [2.24, 2.45) is 0 Å². The number of aromatic carboxylic acids is 5. The zero-order valence-corrected chi connectivity index (χ0v) is 75.3. The van der Waals surface area contributed by atoms with E-state index in [0.717, 1.165) is 55.8 Å². The summed E-state index contributed by atoms with van der Waals surface area (Å²) in [6, 6.07) is 51.2. The Morgan fingerprint density at radius 3 is 1.10 bits per heavy atom. The van der Waals surface area contributed by atoms with Crippen LogP contribution in [-0.2, 0) is 0 Å². The number of nitrogens with two attached hydrogens (primary N) is 2. The van der Waals surface area contributed by atoms with E-state index >= 15 is 0 Å². The van der Waals surface area contributed by atoms with Crippen LogP contribution in [0.15, 0.2) is 198 Å². The number of carboxylic acids is 5. The molecule has 0 saturated heterocycles. The van der Waals surface area contributed by atoms with E-state index in [9.17, 15) is 39.3 Å². The van der Waals surface area contributed by atoms with Gasteiger partial charge in [0.15, 0.2) is 126 Å². The van der Waals surface area contributed by atoms with E-state index in [0.29, 0.717) is 88.2 Å². The lowest BCUT2D eigenvalue weighted by atomic mass is 10.2. The second-order valence-electron chi connectivity index (χ2n) is 31.6. The van der Waals surface area contributed by atoms with Crippen LogP contribution in [0.25, 0.3) is 0 Å². The highest BCUT2D eigenvalue weighted by atomic mass is 32.1. The number of fused-ring (bicyclic) bond motifs is 11. The van der Waals surface area contributed by atoms with Crippen LogP contribution >= 0.6 is 25.3 Å². The number of hydrogen-bond donors (Lipinski definition) is 13. The maximum absolute atomic E-state index is 10.8. The van der Waals surface area contributed by atoms with Gasteiger partial charge in [0.1, 0.15) is 28.0 Å². The molecule has 11 aliphatic rings. The molecule has 134 heavy (non-hydrogen) atoms. The molecule has 0 unspecified atom stereocenters. The van der Waals surface area contributed by atoms with Crippen LogP contribution < -0.4 is 116 Å². The fraction of sp³-hybridized carbons (Fsp3) is 0.245. The van der Waals surface area contributed by atoms with E-state index in [4.69, 9.17) is 146 Å². The number of para-hydroxylation sites is 3. The summed E-state index contributed by atoms with van der Waals surface area (Å²) in [5.41, 5.74) is 12.7. The van der Waals surface area contributed by atoms with Gasteiger partial charge in [-0.1, -0.05) is 18.2 Å². The first-order valence-corrected chi connectivity index (χ1v) is 41.0. The van der Waals surface area contributed by atoms with Gasteiger partial charge >= 0.3 is 29.8 Å². The van der Waals surface area contributed by atoms with Crippen molar-refractivity contribution >= 4 is 66.5 Å². The second kappa shape index (κ2) is 40.1. The number of phenols is 4. The quantitative estimate of drug-likeness (QED) is 0.0562. The van der Waals surface area contributed by atoms with E-state index in [1.54, 1.807) is 139 Å². The third-order valence-corrected chi connectivity index (χ3v) is 18.8. The van der Waals surface area contributed by atoms with Crippen LogP contribution in [0, 0.1) is 0 Å². The Balaban J connectivity index is 0.000000133. The predicted molar refractivity (Wildman–Crippen MR) is 478 cm³/mol. The minimum absolute atomic E-state index is 0.00592. The summed E-state index contributed by atoms with van der Waals surface area (Å²) in [5, 5.41) is 80.8. The SMILES string of the molecule is CC1(C)Oc2ccc(C(=O)O)cc2O1.CC1(C)Oc2ccc(N)cc2O1.CC1(C)Oc2ccc(O)cc2O1.CC1(C)Oc2ccc(S)cc2O1.CC1(C)Oc2cccc(C(=O)O)c2O1.CC1(C)Oc2cccc(O)c2O1.Nc1ccc2c(c1)OCO2.O=C(O)c1ccc(O)c2c1OCO2.O=C(O)c1ccc2c(c1O)OCO2.O=C(O)c1cccc2c1OCO2.Sc1ccc2c(c1)OCO2. The molecule has 11 aromatic rings. The summed E-state index contributed by atoms with van der Waals surface area (Å²) in [4.78, 5) is 55.1. The summed E-state index contributed by atoms with van der Waals surface area (Å²) in [5.74, 6) is 2.42. The monoisotopic (exact) mass is 1890 g/mol. The van der Waals surface area contributed by atoms with Gasteiger partial charge in [0, 0.05) is 122 Å². The Hall–Kier alpha value is -16.1. The van der Waals surface area contributed by atoms with E-state index in [-0.39, 0.29) is 88.4 Å². The number of carboxylic acid groups (broad SMARTS) is 5. The molecule has 0 radical (unpaired) electrons. The molecule has 706 valence electrons. The van der Waals surface area contributed by atoms with Crippen LogP contribution in [0.3, 0.4) is 0 Å². The third-order valence-electron chi connectivity index (χ3n) is 18.3. The Kier molecular flexibility index (Phi) is 29.0. The first-order chi connectivity index (χ1) is 63.2. The van der Waals surface area contributed by atoms with Gasteiger partial charge in [0.05, 0.1) is 5.56 Å². The number of benzene rings is 11. The largest absolute Gasteiger partial charge is 0.508 e. The lowest BCUT2D eigenvalue weighted by Crippen LogP contribution is -2.30. The number of nitrogen functional groups attached to an aromatic ring is 2. The van der Waals surface area contributed by atoms with Crippen molar-refractivity contribution in [1.29, 1.82) is 0 Å². The second-order valence-corrected chi connectivity index (χ2v) is 32.6. The van der Waals surface area contributed by atoms with Crippen molar-refractivity contribution in [3.63, 3.8) is 0 Å². The summed E-state index contributed by atoms with van der Waals surface area (Å²) in [6.45, 7) is 22.4. The van der Waals surface area contributed by atoms with Crippen LogP contribution in [0.1, 0.15) is 135 Å². The number of phenolic OH excluding ortho intramolecular Hbond substituents is 3. The topological polar surface area (TPSA) is 523 Å². The van der Waals surface area contributed by atoms with Gasteiger partial charge in [0.2, 0.25) is 85.9 Å². The van der Waals surface area contributed by atoms with Crippen molar-refractivity contribution in [2.75, 3.05) is 45.4 Å². The van der Waals surface area contributed by atoms with Crippen LogP contribution in [-0.4, -0.2) is 144 Å². The standard InChI is InChI=1S/2C10H10O4.C9H11NO2.2C9H10O3.C9H10O2S.2C8H6O5.C8H6O4.C7H7NO2.C7H6O2S/c1-10(2)13-7-4-3-6(9(11)12)5-8(7)14-10;1-10(2)13-7-5-3-4-6(9(11)12)8(7)14-10;2*1-9(2)11-7-4-3-6(10)5-8(7)12-9;1-9(2)11-7-5-3-4-6(10)8(7)12-9;1-9(2)10-7-4-3-6(12)5-8(7)11-9;9-6-4(8(10)11)1-2-5-7(6)13-3-12-5;9-5-2-1-4(8(10)11)6-7(5)13-3-12-6;9-8(10)5-2-1-3-6-7(5)12-4-11-6;8-5-1-2-6-7(3-5)10-4-9-6;10-5-1-2-6-7(3-5)9-4-8-6/h2*3-5H,1-2H3,(H,11,12);3-5H,10H2,1-2H3;2*3-5,10H,1-2H3;3-5,12H,1-2H3;2*1-2,9H,3H2,(H,10,11);1-3H,4H2,(H,9,10);1-3H,4,8H2;1-3,10H,4H2. The average Bonchev–Trinajstić information content (AvgIpc) is 1.65. The summed E-state index contributed by atoms with van der Waals surface area (Å²) in [7, 11) is 0. The molecular weight excluding hydrogens is 1800 g/mol. The number of thiol groups is 2. The molecule has 11 aromatic carbocycles. The van der Waals surface area contributed by atoms with Crippen molar-refractivity contribution in [1.82, 2.24) is 0 Å². The molecule has 0 saturated carbocycles. The first kappa shape index (κ1) is 96.9. The highest BCUT2D eigenvalue weighted by Crippen LogP contribution is 2.50. The van der Waals surface area contributed by atoms with E-state index in [1.165, 1.54) is 48.5 Å². The van der Waals surface area contributed by atoms with E-state index in [1.807, 2.05) is 84.0 Å². The number of anilines is 2. The molecule has 13 N–H and O–H groups in total. The predicted octanol–water partition coefficient (Wildman–Crippen LogP) is 17.3. The van der Waals surface area contributed by atoms with Gasteiger partial charge in [-0.2, -0.15) is 0 Å². The molecule has 38 nitrogen and oxygen atoms in total. The first-order valence-electron chi connectivity index (χ1n) is 40.1. The zero-order valence-electron chi connectivity index (χ0n) is 73.5. The Bertz CT molecular complexity index is 6020.